The molecule has 0 aliphatic rings. The van der Waals surface area contributed by atoms with Crippen LogP contribution < -0.4 is 10.6 Å². The summed E-state index contributed by atoms with van der Waals surface area (Å²) in [5.41, 5.74) is 2.19. The lowest BCUT2D eigenvalue weighted by atomic mass is 10.2. The highest BCUT2D eigenvalue weighted by molar-refractivity contribution is 7.80. The van der Waals surface area contributed by atoms with E-state index in [4.69, 9.17) is 17.0 Å². The second-order valence-corrected chi connectivity index (χ2v) is 4.13. The standard InChI is InChI=1S/C12H19N3OS/c1-10-5-3-6-13-11(10)9-15-12(17)14-7-4-8-16-2/h3,5-6H,4,7-9H2,1-2H3,(H2,14,15,17). The number of aromatic nitrogens is 1. The van der Waals surface area contributed by atoms with Crippen molar-refractivity contribution in [2.45, 2.75) is 19.9 Å². The van der Waals surface area contributed by atoms with Gasteiger partial charge in [-0.15, -0.1) is 0 Å². The van der Waals surface area contributed by atoms with Crippen molar-refractivity contribution < 1.29 is 4.74 Å². The molecule has 0 saturated carbocycles. The number of pyridine rings is 1. The van der Waals surface area contributed by atoms with E-state index in [1.807, 2.05) is 19.1 Å². The molecule has 1 heterocycles. The van der Waals surface area contributed by atoms with Gasteiger partial charge in [-0.3, -0.25) is 4.98 Å². The largest absolute Gasteiger partial charge is 0.385 e. The third-order valence-electron chi connectivity index (χ3n) is 2.35. The zero-order chi connectivity index (χ0) is 12.5. The number of thiocarbonyl (C=S) groups is 1. The predicted molar refractivity (Wildman–Crippen MR) is 72.9 cm³/mol. The van der Waals surface area contributed by atoms with Crippen molar-refractivity contribution in [3.8, 4) is 0 Å². The maximum Gasteiger partial charge on any atom is 0.166 e. The number of hydrogen-bond acceptors (Lipinski definition) is 3. The number of methoxy groups -OCH3 is 1. The van der Waals surface area contributed by atoms with E-state index in [9.17, 15) is 0 Å². The average Bonchev–Trinajstić information content (AvgIpc) is 2.34. The van der Waals surface area contributed by atoms with Gasteiger partial charge < -0.3 is 15.4 Å². The van der Waals surface area contributed by atoms with Gasteiger partial charge in [0, 0.05) is 26.5 Å². The topological polar surface area (TPSA) is 46.2 Å². The van der Waals surface area contributed by atoms with Crippen molar-refractivity contribution in [3.63, 3.8) is 0 Å². The zero-order valence-electron chi connectivity index (χ0n) is 10.3. The van der Waals surface area contributed by atoms with Gasteiger partial charge in [-0.2, -0.15) is 0 Å². The first kappa shape index (κ1) is 13.9. The van der Waals surface area contributed by atoms with Gasteiger partial charge >= 0.3 is 0 Å². The second kappa shape index (κ2) is 7.97. The molecule has 94 valence electrons. The highest BCUT2D eigenvalue weighted by Crippen LogP contribution is 2.01. The molecule has 0 fully saturated rings. The maximum absolute atomic E-state index is 5.16. The van der Waals surface area contributed by atoms with Crippen LogP contribution in [0.15, 0.2) is 18.3 Å². The van der Waals surface area contributed by atoms with Gasteiger partial charge in [0.05, 0.1) is 12.2 Å². The van der Waals surface area contributed by atoms with Gasteiger partial charge in [-0.05, 0) is 37.2 Å². The Morgan fingerprint density at radius 2 is 2.29 bits per heavy atom. The molecule has 1 rings (SSSR count). The Kier molecular flexibility index (Phi) is 6.50. The van der Waals surface area contributed by atoms with Crippen LogP contribution in [0.5, 0.6) is 0 Å². The summed E-state index contributed by atoms with van der Waals surface area (Å²) in [4.78, 5) is 4.29. The number of nitrogens with zero attached hydrogens (tertiary/aromatic N) is 1. The summed E-state index contributed by atoms with van der Waals surface area (Å²) in [6.07, 6.45) is 2.74. The van der Waals surface area contributed by atoms with E-state index in [2.05, 4.69) is 15.6 Å². The van der Waals surface area contributed by atoms with Gasteiger partial charge in [0.15, 0.2) is 5.11 Å². The maximum atomic E-state index is 5.16. The smallest absolute Gasteiger partial charge is 0.166 e. The van der Waals surface area contributed by atoms with Gasteiger partial charge in [0.25, 0.3) is 0 Å². The molecule has 0 amide bonds. The molecule has 0 saturated heterocycles. The lowest BCUT2D eigenvalue weighted by Gasteiger charge is -2.10. The van der Waals surface area contributed by atoms with Crippen LogP contribution in [0.1, 0.15) is 17.7 Å². The van der Waals surface area contributed by atoms with Gasteiger partial charge in [-0.1, -0.05) is 6.07 Å². The number of ether oxygens (including phenoxy) is 1. The average molecular weight is 253 g/mol. The van der Waals surface area contributed by atoms with Gasteiger partial charge in [0.1, 0.15) is 0 Å². The summed E-state index contributed by atoms with van der Waals surface area (Å²) in [7, 11) is 1.69. The minimum absolute atomic E-state index is 0.656. The Balaban J connectivity index is 2.22. The van der Waals surface area contributed by atoms with Crippen LogP contribution >= 0.6 is 12.2 Å². The third-order valence-corrected chi connectivity index (χ3v) is 2.63. The molecule has 2 N–H and O–H groups in total. The van der Waals surface area contributed by atoms with Crippen molar-refractivity contribution >= 4 is 17.3 Å². The fourth-order valence-electron chi connectivity index (χ4n) is 1.35. The molecule has 1 aromatic heterocycles. The lowest BCUT2D eigenvalue weighted by molar-refractivity contribution is 0.195. The first-order chi connectivity index (χ1) is 8.24. The van der Waals surface area contributed by atoms with Crippen LogP contribution in [0.2, 0.25) is 0 Å². The van der Waals surface area contributed by atoms with E-state index in [0.29, 0.717) is 11.7 Å². The highest BCUT2D eigenvalue weighted by atomic mass is 32.1. The van der Waals surface area contributed by atoms with Crippen LogP contribution in [-0.2, 0) is 11.3 Å². The molecule has 0 radical (unpaired) electrons. The molecule has 0 spiro atoms. The molecule has 17 heavy (non-hydrogen) atoms. The normalized spacial score (nSPS) is 10.0. The molecule has 0 aliphatic carbocycles. The molecule has 4 nitrogen and oxygen atoms in total. The number of aryl methyl sites for hydroxylation is 1. The Labute approximate surface area is 108 Å². The summed E-state index contributed by atoms with van der Waals surface area (Å²) in [5, 5.41) is 6.91. The summed E-state index contributed by atoms with van der Waals surface area (Å²) < 4.78 is 4.95. The minimum atomic E-state index is 0.656. The fourth-order valence-corrected chi connectivity index (χ4v) is 1.52. The predicted octanol–water partition coefficient (Wildman–Crippen LogP) is 1.39. The molecule has 0 aromatic carbocycles. The van der Waals surface area contributed by atoms with Gasteiger partial charge in [-0.25, -0.2) is 0 Å². The number of hydrogen-bond donors (Lipinski definition) is 2. The Morgan fingerprint density at radius 3 is 3.00 bits per heavy atom. The number of rotatable bonds is 6. The summed E-state index contributed by atoms with van der Waals surface area (Å²) >= 11 is 5.16. The van der Waals surface area contributed by atoms with E-state index in [1.165, 1.54) is 5.56 Å². The minimum Gasteiger partial charge on any atom is -0.385 e. The van der Waals surface area contributed by atoms with Crippen LogP contribution in [0.3, 0.4) is 0 Å². The van der Waals surface area contributed by atoms with E-state index < -0.39 is 0 Å². The lowest BCUT2D eigenvalue weighted by Crippen LogP contribution is -2.35. The van der Waals surface area contributed by atoms with Crippen LogP contribution in [-0.4, -0.2) is 30.4 Å². The zero-order valence-corrected chi connectivity index (χ0v) is 11.1. The second-order valence-electron chi connectivity index (χ2n) is 3.72. The van der Waals surface area contributed by atoms with Crippen molar-refractivity contribution in [2.75, 3.05) is 20.3 Å². The highest BCUT2D eigenvalue weighted by Gasteiger charge is 1.99. The van der Waals surface area contributed by atoms with Crippen LogP contribution in [0, 0.1) is 6.92 Å². The van der Waals surface area contributed by atoms with Gasteiger partial charge in [0.2, 0.25) is 0 Å². The molecule has 1 aromatic rings. The molecule has 5 heteroatoms. The van der Waals surface area contributed by atoms with E-state index >= 15 is 0 Å². The Hall–Kier alpha value is -1.20. The third kappa shape index (κ3) is 5.60. The fraction of sp³-hybridized carbons (Fsp3) is 0.500. The van der Waals surface area contributed by atoms with Crippen molar-refractivity contribution in [1.29, 1.82) is 0 Å². The van der Waals surface area contributed by atoms with Crippen molar-refractivity contribution in [2.24, 2.45) is 0 Å². The number of nitrogens with one attached hydrogen (secondary N) is 2. The van der Waals surface area contributed by atoms with E-state index in [0.717, 1.165) is 25.3 Å². The summed E-state index contributed by atoms with van der Waals surface area (Å²) in [6.45, 7) is 4.26. The Morgan fingerprint density at radius 1 is 1.47 bits per heavy atom. The quantitative estimate of drug-likeness (QED) is 0.592. The van der Waals surface area contributed by atoms with Crippen LogP contribution in [0.25, 0.3) is 0 Å². The van der Waals surface area contributed by atoms with E-state index in [-0.39, 0.29) is 0 Å². The van der Waals surface area contributed by atoms with Crippen LogP contribution in [0.4, 0.5) is 0 Å². The molecular formula is C12H19N3OS. The molecular weight excluding hydrogens is 234 g/mol. The molecule has 0 aliphatic heterocycles. The Bertz CT molecular complexity index is 357. The SMILES string of the molecule is COCCCNC(=S)NCc1ncccc1C. The van der Waals surface area contributed by atoms with E-state index in [1.54, 1.807) is 13.3 Å². The molecule has 0 unspecified atom stereocenters. The first-order valence-corrected chi connectivity index (χ1v) is 6.06. The first-order valence-electron chi connectivity index (χ1n) is 5.65. The van der Waals surface area contributed by atoms with Crippen molar-refractivity contribution in [1.82, 2.24) is 15.6 Å². The van der Waals surface area contributed by atoms with Crippen molar-refractivity contribution in [3.05, 3.63) is 29.6 Å². The molecule has 0 bridgehead atoms. The molecule has 0 atom stereocenters. The summed E-state index contributed by atoms with van der Waals surface area (Å²) in [6, 6.07) is 3.97. The summed E-state index contributed by atoms with van der Waals surface area (Å²) in [5.74, 6) is 0. The monoisotopic (exact) mass is 253 g/mol.